The lowest BCUT2D eigenvalue weighted by molar-refractivity contribution is 0.0697. The highest BCUT2D eigenvalue weighted by Crippen LogP contribution is 2.35. The van der Waals surface area contributed by atoms with Crippen molar-refractivity contribution in [1.29, 1.82) is 0 Å². The van der Waals surface area contributed by atoms with Gasteiger partial charge in [-0.3, -0.25) is 0 Å². The molecule has 20 heavy (non-hydrogen) atoms. The number of carboxylic acid groups (broad SMARTS) is 1. The molecule has 0 spiro atoms. The molecule has 0 fully saturated rings. The van der Waals surface area contributed by atoms with Crippen molar-refractivity contribution in [3.8, 4) is 10.6 Å². The maximum absolute atomic E-state index is 13.1. The minimum Gasteiger partial charge on any atom is -0.478 e. The van der Waals surface area contributed by atoms with Gasteiger partial charge in [-0.25, -0.2) is 14.2 Å². The molecule has 3 aromatic rings. The summed E-state index contributed by atoms with van der Waals surface area (Å²) in [6.45, 7) is 0. The number of carboxylic acids is 1. The summed E-state index contributed by atoms with van der Waals surface area (Å²) in [5, 5.41) is 9.69. The van der Waals surface area contributed by atoms with Crippen LogP contribution in [0.15, 0.2) is 40.9 Å². The van der Waals surface area contributed by atoms with Gasteiger partial charge in [-0.1, -0.05) is 0 Å². The van der Waals surface area contributed by atoms with Gasteiger partial charge in [0.15, 0.2) is 0 Å². The predicted octanol–water partition coefficient (Wildman–Crippen LogP) is 4.56. The Bertz CT molecular complexity index is 831. The second kappa shape index (κ2) is 4.96. The van der Waals surface area contributed by atoms with Crippen LogP contribution in [0.4, 0.5) is 4.39 Å². The molecule has 2 aromatic carbocycles. The monoisotopic (exact) mass is 351 g/mol. The number of halogens is 2. The van der Waals surface area contributed by atoms with Gasteiger partial charge in [0.05, 0.1) is 15.8 Å². The van der Waals surface area contributed by atoms with Gasteiger partial charge in [0.2, 0.25) is 0 Å². The van der Waals surface area contributed by atoms with Crippen LogP contribution in [0.1, 0.15) is 10.4 Å². The van der Waals surface area contributed by atoms with Crippen LogP contribution < -0.4 is 0 Å². The highest BCUT2D eigenvalue weighted by molar-refractivity contribution is 9.10. The lowest BCUT2D eigenvalue weighted by Crippen LogP contribution is -1.94. The number of thiazole rings is 1. The van der Waals surface area contributed by atoms with Crippen molar-refractivity contribution in [3.63, 3.8) is 0 Å². The second-order valence-electron chi connectivity index (χ2n) is 4.13. The van der Waals surface area contributed by atoms with E-state index in [0.717, 1.165) is 20.8 Å². The number of nitrogens with zero attached hydrogens (tertiary/aromatic N) is 1. The Morgan fingerprint density at radius 2 is 2.05 bits per heavy atom. The third-order valence-electron chi connectivity index (χ3n) is 2.80. The fraction of sp³-hybridized carbons (Fsp3) is 0. The van der Waals surface area contributed by atoms with E-state index >= 15 is 0 Å². The minimum absolute atomic E-state index is 0.228. The molecule has 6 heteroatoms. The van der Waals surface area contributed by atoms with Crippen molar-refractivity contribution < 1.29 is 14.3 Å². The molecular weight excluding hydrogens is 345 g/mol. The molecule has 1 aromatic heterocycles. The first-order chi connectivity index (χ1) is 9.54. The summed E-state index contributed by atoms with van der Waals surface area (Å²) in [6, 6.07) is 9.19. The van der Waals surface area contributed by atoms with Crippen molar-refractivity contribution in [1.82, 2.24) is 4.98 Å². The fourth-order valence-electron chi connectivity index (χ4n) is 1.84. The van der Waals surface area contributed by atoms with Gasteiger partial charge in [0.25, 0.3) is 0 Å². The quantitative estimate of drug-likeness (QED) is 0.735. The van der Waals surface area contributed by atoms with Gasteiger partial charge >= 0.3 is 5.97 Å². The van der Waals surface area contributed by atoms with E-state index in [4.69, 9.17) is 5.11 Å². The molecule has 0 saturated heterocycles. The zero-order valence-electron chi connectivity index (χ0n) is 9.93. The molecule has 0 amide bonds. The number of fused-ring (bicyclic) bond motifs is 1. The molecule has 1 N–H and O–H groups in total. The van der Waals surface area contributed by atoms with Crippen LogP contribution in [0.3, 0.4) is 0 Å². The fourth-order valence-corrected chi connectivity index (χ4v) is 3.55. The van der Waals surface area contributed by atoms with E-state index < -0.39 is 5.97 Å². The van der Waals surface area contributed by atoms with Crippen LogP contribution in [0.25, 0.3) is 20.8 Å². The Hall–Kier alpha value is -1.79. The zero-order valence-corrected chi connectivity index (χ0v) is 12.3. The summed E-state index contributed by atoms with van der Waals surface area (Å²) in [6.07, 6.45) is 0. The summed E-state index contributed by atoms with van der Waals surface area (Å²) >= 11 is 4.69. The van der Waals surface area contributed by atoms with Gasteiger partial charge in [-0.05, 0) is 52.3 Å². The summed E-state index contributed by atoms with van der Waals surface area (Å²) in [5.74, 6) is -1.29. The average molecular weight is 352 g/mol. The predicted molar refractivity (Wildman–Crippen MR) is 79.7 cm³/mol. The molecule has 0 radical (unpaired) electrons. The molecule has 0 aliphatic carbocycles. The molecule has 0 saturated carbocycles. The minimum atomic E-state index is -0.968. The maximum Gasteiger partial charge on any atom is 0.335 e. The maximum atomic E-state index is 13.1. The smallest absolute Gasteiger partial charge is 0.335 e. The van der Waals surface area contributed by atoms with Crippen LogP contribution in [0, 0.1) is 5.82 Å². The van der Waals surface area contributed by atoms with E-state index in [1.54, 1.807) is 18.2 Å². The first-order valence-corrected chi connectivity index (χ1v) is 7.25. The van der Waals surface area contributed by atoms with Crippen molar-refractivity contribution in [2.24, 2.45) is 0 Å². The Labute approximate surface area is 125 Å². The van der Waals surface area contributed by atoms with E-state index in [1.807, 2.05) is 0 Å². The summed E-state index contributed by atoms with van der Waals surface area (Å²) in [7, 11) is 0. The van der Waals surface area contributed by atoms with Crippen LogP contribution >= 0.6 is 27.3 Å². The molecule has 0 aliphatic heterocycles. The Morgan fingerprint density at radius 3 is 2.75 bits per heavy atom. The van der Waals surface area contributed by atoms with Crippen LogP contribution in [0.5, 0.6) is 0 Å². The van der Waals surface area contributed by atoms with Crippen molar-refractivity contribution in [3.05, 3.63) is 52.3 Å². The third kappa shape index (κ3) is 2.32. The van der Waals surface area contributed by atoms with Crippen molar-refractivity contribution >= 4 is 43.5 Å². The highest BCUT2D eigenvalue weighted by atomic mass is 79.9. The highest BCUT2D eigenvalue weighted by Gasteiger charge is 2.12. The third-order valence-corrected chi connectivity index (χ3v) is 4.50. The lowest BCUT2D eigenvalue weighted by atomic mass is 10.2. The number of carbonyl (C=O) groups is 1. The van der Waals surface area contributed by atoms with Crippen molar-refractivity contribution in [2.75, 3.05) is 0 Å². The molecule has 3 rings (SSSR count). The van der Waals surface area contributed by atoms with Crippen molar-refractivity contribution in [2.45, 2.75) is 0 Å². The van der Waals surface area contributed by atoms with Crippen LogP contribution in [0.2, 0.25) is 0 Å². The molecule has 0 bridgehead atoms. The molecule has 0 unspecified atom stereocenters. The normalized spacial score (nSPS) is 10.9. The number of aromatic carboxylic acids is 1. The summed E-state index contributed by atoms with van der Waals surface area (Å²) in [4.78, 5) is 15.4. The number of hydrogen-bond acceptors (Lipinski definition) is 3. The van der Waals surface area contributed by atoms with E-state index in [0.29, 0.717) is 4.47 Å². The summed E-state index contributed by atoms with van der Waals surface area (Å²) < 4.78 is 14.5. The number of aromatic nitrogens is 1. The van der Waals surface area contributed by atoms with E-state index in [-0.39, 0.29) is 11.4 Å². The van der Waals surface area contributed by atoms with Crippen LogP contribution in [-0.4, -0.2) is 16.1 Å². The topological polar surface area (TPSA) is 50.2 Å². The van der Waals surface area contributed by atoms with E-state index in [9.17, 15) is 9.18 Å². The van der Waals surface area contributed by atoms with Gasteiger partial charge < -0.3 is 5.11 Å². The Morgan fingerprint density at radius 1 is 1.25 bits per heavy atom. The molecule has 100 valence electrons. The van der Waals surface area contributed by atoms with E-state index in [2.05, 4.69) is 20.9 Å². The molecular formula is C14H7BrFNO2S. The summed E-state index contributed by atoms with van der Waals surface area (Å²) in [5.41, 5.74) is 1.74. The largest absolute Gasteiger partial charge is 0.478 e. The van der Waals surface area contributed by atoms with Gasteiger partial charge in [-0.2, -0.15) is 0 Å². The van der Waals surface area contributed by atoms with Gasteiger partial charge in [0, 0.05) is 10.0 Å². The number of rotatable bonds is 2. The SMILES string of the molecule is O=C(O)c1ccc2nc(-c3ccc(F)cc3Br)sc2c1. The first-order valence-electron chi connectivity index (χ1n) is 5.64. The lowest BCUT2D eigenvalue weighted by Gasteiger charge is -1.99. The van der Waals surface area contributed by atoms with Gasteiger partial charge in [0.1, 0.15) is 10.8 Å². The molecule has 0 atom stereocenters. The molecule has 1 heterocycles. The second-order valence-corrected chi connectivity index (χ2v) is 6.02. The Balaban J connectivity index is 2.15. The standard InChI is InChI=1S/C14H7BrFNO2S/c15-10-6-8(16)2-3-9(10)13-17-11-4-1-7(14(18)19)5-12(11)20-13/h1-6H,(H,18,19). The number of benzene rings is 2. The molecule has 3 nitrogen and oxygen atoms in total. The Kier molecular flexibility index (Phi) is 3.27. The first kappa shape index (κ1) is 13.2. The average Bonchev–Trinajstić information content (AvgIpc) is 2.80. The number of hydrogen-bond donors (Lipinski definition) is 1. The van der Waals surface area contributed by atoms with E-state index in [1.165, 1.54) is 29.5 Å². The molecule has 0 aliphatic rings. The van der Waals surface area contributed by atoms with Gasteiger partial charge in [-0.15, -0.1) is 11.3 Å². The van der Waals surface area contributed by atoms with Crippen LogP contribution in [-0.2, 0) is 0 Å². The zero-order chi connectivity index (χ0) is 14.3.